The number of amides is 3. The maximum atomic E-state index is 13.8. The van der Waals surface area contributed by atoms with Gasteiger partial charge in [-0.25, -0.2) is 9.78 Å². The summed E-state index contributed by atoms with van der Waals surface area (Å²) in [6.07, 6.45) is 0.734. The molecule has 0 fully saturated rings. The van der Waals surface area contributed by atoms with Crippen molar-refractivity contribution in [2.45, 2.75) is 58.4 Å². The van der Waals surface area contributed by atoms with E-state index >= 15 is 0 Å². The first-order valence-corrected chi connectivity index (χ1v) is 12.1. The predicted octanol–water partition coefficient (Wildman–Crippen LogP) is 4.25. The minimum Gasteiger partial charge on any atom is -0.351 e. The fraction of sp³-hybridized carbons (Fsp3) is 0.391. The molecule has 3 N–H and O–H groups in total. The number of urea groups is 1. The number of carbonyl (C=O) groups excluding carboxylic acids is 2. The van der Waals surface area contributed by atoms with Gasteiger partial charge in [0, 0.05) is 4.88 Å². The number of thiophene rings is 1. The summed E-state index contributed by atoms with van der Waals surface area (Å²) in [4.78, 5) is 44.4. The van der Waals surface area contributed by atoms with Crippen LogP contribution < -0.4 is 16.6 Å². The molecule has 3 rings (SSSR count). The number of benzene rings is 1. The Morgan fingerprint density at radius 3 is 2.53 bits per heavy atom. The maximum absolute atomic E-state index is 13.8. The van der Waals surface area contributed by atoms with Gasteiger partial charge in [-0.2, -0.15) is 0 Å². The second-order valence-corrected chi connectivity index (χ2v) is 10.4. The molecule has 1 aromatic carbocycles. The highest BCUT2D eigenvalue weighted by Gasteiger charge is 2.29. The van der Waals surface area contributed by atoms with Gasteiger partial charge in [0.2, 0.25) is 5.91 Å². The van der Waals surface area contributed by atoms with E-state index < -0.39 is 17.2 Å². The number of carbonyl (C=O) groups is 2. The van der Waals surface area contributed by atoms with Crippen LogP contribution >= 0.6 is 23.1 Å². The number of nitrogens with one attached hydrogen (secondary N) is 1. The standard InChI is InChI=1S/C23H28N4O3S2/c1-7-15-14(6)31-20-17(15)21(29)27(16-10-8-9-12(4)13(16)5)23(26-20)32-18(11(2)3)19(28)25-22(24)30/h8-11,18H,7H2,1-6H3,(H3,24,25,28,30). The van der Waals surface area contributed by atoms with Crippen LogP contribution in [0.25, 0.3) is 15.9 Å². The second-order valence-electron chi connectivity index (χ2n) is 8.06. The van der Waals surface area contributed by atoms with Crippen molar-refractivity contribution in [1.29, 1.82) is 0 Å². The number of imide groups is 1. The largest absolute Gasteiger partial charge is 0.351 e. The molecule has 0 radical (unpaired) electrons. The third-order valence-corrected chi connectivity index (χ3v) is 8.05. The number of primary amides is 1. The van der Waals surface area contributed by atoms with Crippen molar-refractivity contribution < 1.29 is 9.59 Å². The highest BCUT2D eigenvalue weighted by Crippen LogP contribution is 2.34. The molecule has 0 saturated heterocycles. The van der Waals surface area contributed by atoms with E-state index in [0.29, 0.717) is 15.4 Å². The van der Waals surface area contributed by atoms with Crippen LogP contribution in [0, 0.1) is 26.7 Å². The van der Waals surface area contributed by atoms with Gasteiger partial charge in [0.25, 0.3) is 5.56 Å². The van der Waals surface area contributed by atoms with Crippen molar-refractivity contribution in [2.24, 2.45) is 11.7 Å². The molecule has 1 atom stereocenters. The number of hydrogen-bond donors (Lipinski definition) is 2. The Hall–Kier alpha value is -2.65. The topological polar surface area (TPSA) is 107 Å². The number of fused-ring (bicyclic) bond motifs is 1. The first-order valence-electron chi connectivity index (χ1n) is 10.4. The first-order chi connectivity index (χ1) is 15.1. The molecule has 0 aliphatic carbocycles. The minimum atomic E-state index is -0.905. The predicted molar refractivity (Wildman–Crippen MR) is 131 cm³/mol. The van der Waals surface area contributed by atoms with Gasteiger partial charge < -0.3 is 5.73 Å². The number of nitrogens with two attached hydrogens (primary N) is 1. The maximum Gasteiger partial charge on any atom is 0.318 e. The van der Waals surface area contributed by atoms with Crippen LogP contribution in [-0.2, 0) is 11.2 Å². The zero-order chi connectivity index (χ0) is 23.7. The normalized spacial score (nSPS) is 12.3. The molecule has 0 bridgehead atoms. The van der Waals surface area contributed by atoms with Crippen molar-refractivity contribution in [2.75, 3.05) is 0 Å². The van der Waals surface area contributed by atoms with Crippen LogP contribution in [0.15, 0.2) is 28.2 Å². The fourth-order valence-electron chi connectivity index (χ4n) is 3.69. The molecule has 0 spiro atoms. The molecule has 3 amide bonds. The molecule has 9 heteroatoms. The lowest BCUT2D eigenvalue weighted by Crippen LogP contribution is -2.42. The van der Waals surface area contributed by atoms with Crippen LogP contribution in [0.2, 0.25) is 0 Å². The van der Waals surface area contributed by atoms with E-state index in [4.69, 9.17) is 10.7 Å². The van der Waals surface area contributed by atoms with E-state index in [2.05, 4.69) is 5.32 Å². The quantitative estimate of drug-likeness (QED) is 0.412. The highest BCUT2D eigenvalue weighted by molar-refractivity contribution is 8.00. The zero-order valence-corrected chi connectivity index (χ0v) is 20.7. The average molecular weight is 473 g/mol. The number of aryl methyl sites for hydroxylation is 3. The molecule has 170 valence electrons. The van der Waals surface area contributed by atoms with Crippen LogP contribution in [0.3, 0.4) is 0 Å². The SMILES string of the molecule is CCc1c(C)sc2nc(SC(C(=O)NC(N)=O)C(C)C)n(-c3cccc(C)c3C)c(=O)c12. The minimum absolute atomic E-state index is 0.129. The van der Waals surface area contributed by atoms with Crippen molar-refractivity contribution in [1.82, 2.24) is 14.9 Å². The molecular weight excluding hydrogens is 444 g/mol. The van der Waals surface area contributed by atoms with Gasteiger partial charge in [-0.05, 0) is 55.9 Å². The fourth-order valence-corrected chi connectivity index (χ4v) is 5.95. The van der Waals surface area contributed by atoms with Gasteiger partial charge in [-0.3, -0.25) is 19.5 Å². The van der Waals surface area contributed by atoms with E-state index in [1.807, 2.05) is 59.7 Å². The number of rotatable bonds is 6. The molecule has 0 aliphatic rings. The Balaban J connectivity index is 2.31. The van der Waals surface area contributed by atoms with Gasteiger partial charge in [0.05, 0.1) is 16.3 Å². The highest BCUT2D eigenvalue weighted by atomic mass is 32.2. The average Bonchev–Trinajstić information content (AvgIpc) is 3.03. The van der Waals surface area contributed by atoms with E-state index in [1.54, 1.807) is 4.57 Å². The molecule has 7 nitrogen and oxygen atoms in total. The lowest BCUT2D eigenvalue weighted by molar-refractivity contribution is -0.120. The summed E-state index contributed by atoms with van der Waals surface area (Å²) in [5.41, 5.74) is 8.77. The van der Waals surface area contributed by atoms with Crippen molar-refractivity contribution in [3.05, 3.63) is 50.1 Å². The molecular formula is C23H28N4O3S2. The van der Waals surface area contributed by atoms with Crippen molar-refractivity contribution >= 4 is 45.3 Å². The van der Waals surface area contributed by atoms with E-state index in [1.165, 1.54) is 23.1 Å². The Bertz CT molecular complexity index is 1260. The first kappa shape index (κ1) is 24.0. The number of hydrogen-bond acceptors (Lipinski definition) is 6. The summed E-state index contributed by atoms with van der Waals surface area (Å²) in [5, 5.41) is 2.55. The Morgan fingerprint density at radius 1 is 1.25 bits per heavy atom. The molecule has 32 heavy (non-hydrogen) atoms. The van der Waals surface area contributed by atoms with Gasteiger partial charge >= 0.3 is 6.03 Å². The smallest absolute Gasteiger partial charge is 0.318 e. The van der Waals surface area contributed by atoms with Gasteiger partial charge in [0.15, 0.2) is 5.16 Å². The Labute approximate surface area is 195 Å². The Morgan fingerprint density at radius 2 is 1.94 bits per heavy atom. The van der Waals surface area contributed by atoms with Gasteiger partial charge in [-0.15, -0.1) is 11.3 Å². The second kappa shape index (κ2) is 9.46. The number of nitrogens with zero attached hydrogens (tertiary/aromatic N) is 2. The lowest BCUT2D eigenvalue weighted by Gasteiger charge is -2.21. The summed E-state index contributed by atoms with van der Waals surface area (Å²) in [5.74, 6) is -0.633. The summed E-state index contributed by atoms with van der Waals surface area (Å²) < 4.78 is 1.60. The molecule has 1 unspecified atom stereocenters. The molecule has 2 aromatic heterocycles. The van der Waals surface area contributed by atoms with E-state index in [0.717, 1.165) is 33.7 Å². The monoisotopic (exact) mass is 472 g/mol. The summed E-state index contributed by atoms with van der Waals surface area (Å²) in [6, 6.07) is 4.88. The van der Waals surface area contributed by atoms with Crippen molar-refractivity contribution in [3.63, 3.8) is 0 Å². The number of thioether (sulfide) groups is 1. The summed E-state index contributed by atoms with van der Waals surface area (Å²) >= 11 is 2.66. The number of aromatic nitrogens is 2. The van der Waals surface area contributed by atoms with Crippen molar-refractivity contribution in [3.8, 4) is 5.69 Å². The van der Waals surface area contributed by atoms with Crippen LogP contribution in [0.4, 0.5) is 4.79 Å². The van der Waals surface area contributed by atoms with Crippen LogP contribution in [0.1, 0.15) is 42.3 Å². The molecule has 3 aromatic rings. The lowest BCUT2D eigenvalue weighted by atomic mass is 10.1. The van der Waals surface area contributed by atoms with E-state index in [-0.39, 0.29) is 11.5 Å². The Kier molecular flexibility index (Phi) is 7.09. The van der Waals surface area contributed by atoms with Crippen LogP contribution in [0.5, 0.6) is 0 Å². The third-order valence-electron chi connectivity index (χ3n) is 5.51. The zero-order valence-electron chi connectivity index (χ0n) is 19.1. The third kappa shape index (κ3) is 4.45. The molecule has 0 aliphatic heterocycles. The molecule has 2 heterocycles. The van der Waals surface area contributed by atoms with E-state index in [9.17, 15) is 14.4 Å². The van der Waals surface area contributed by atoms with Gasteiger partial charge in [-0.1, -0.05) is 44.7 Å². The summed E-state index contributed by atoms with van der Waals surface area (Å²) in [7, 11) is 0. The van der Waals surface area contributed by atoms with Gasteiger partial charge in [0.1, 0.15) is 4.83 Å². The molecule has 0 saturated carbocycles. The summed E-state index contributed by atoms with van der Waals surface area (Å²) in [6.45, 7) is 11.7. The van der Waals surface area contributed by atoms with Crippen LogP contribution in [-0.4, -0.2) is 26.7 Å².